The first-order chi connectivity index (χ1) is 0. The van der Waals surface area contributed by atoms with Gasteiger partial charge in [-0.2, -0.15) is 0 Å². The maximum Gasteiger partial charge on any atom is 0 e. The van der Waals surface area contributed by atoms with Crippen LogP contribution in [0.1, 0.15) is 0 Å². The molecule has 0 spiro atoms. The van der Waals surface area contributed by atoms with Crippen molar-refractivity contribution in [2.45, 2.75) is 0 Å². The smallest absolute Gasteiger partial charge is 0 e. The van der Waals surface area contributed by atoms with Crippen LogP contribution in [0.25, 0.3) is 0 Å². The molecule has 0 saturated heterocycles. The average Bonchev–Trinajstić information content (AvgIpc) is 0. The van der Waals surface area contributed by atoms with Crippen LogP contribution in [0, 0.1) is 0 Å². The van der Waals surface area contributed by atoms with Crippen LogP contribution in [0.3, 0.4) is 0 Å². The molecule has 5 heavy (non-hydrogen) atoms. The topological polar surface area (TPSA) is 0 Å². The zero-order chi connectivity index (χ0) is 0. The molecule has 0 aliphatic rings. The second-order valence-corrected chi connectivity index (χ2v) is 0. The Morgan fingerprint density at radius 2 is 1.00 bits per heavy atom. The van der Waals surface area contributed by atoms with Crippen molar-refractivity contribution in [3.05, 3.63) is 0 Å². The summed E-state index contributed by atoms with van der Waals surface area (Å²) in [7, 11) is 0. The van der Waals surface area contributed by atoms with Gasteiger partial charge < -0.3 is 0 Å². The van der Waals surface area contributed by atoms with Gasteiger partial charge in [-0.3, -0.25) is 0 Å². The van der Waals surface area contributed by atoms with Gasteiger partial charge in [0.25, 0.3) is 0 Å². The van der Waals surface area contributed by atoms with Crippen molar-refractivity contribution in [2.24, 2.45) is 0 Å². The van der Waals surface area contributed by atoms with Gasteiger partial charge in [-0.25, -0.2) is 0 Å². The van der Waals surface area contributed by atoms with Crippen molar-refractivity contribution in [1.82, 2.24) is 0 Å². The summed E-state index contributed by atoms with van der Waals surface area (Å²) in [5, 5.41) is 0. The van der Waals surface area contributed by atoms with E-state index in [1.165, 1.54) is 0 Å². The molecule has 0 aromatic heterocycles. The summed E-state index contributed by atoms with van der Waals surface area (Å²) < 4.78 is 0. The minimum absolute atomic E-state index is 0. The molecule has 0 saturated carbocycles. The predicted octanol–water partition coefficient (Wildman–Crippen LogP) is -3.40. The third kappa shape index (κ3) is 17.7. The Morgan fingerprint density at radius 1 is 1.00 bits per heavy atom. The van der Waals surface area contributed by atoms with E-state index in [0.29, 0.717) is 0 Å². The number of hydrogen-bond acceptors (Lipinski definition) is 0. The molecule has 20 valence electrons. The fourth-order valence-corrected chi connectivity index (χ4v) is 0. The van der Waals surface area contributed by atoms with Gasteiger partial charge in [-0.1, -0.05) is 0 Å². The second kappa shape index (κ2) is 23.2. The Morgan fingerprint density at radius 3 is 1.00 bits per heavy atom. The summed E-state index contributed by atoms with van der Waals surface area (Å²) in [5.41, 5.74) is 0. The summed E-state index contributed by atoms with van der Waals surface area (Å²) in [4.78, 5) is 0. The Balaban J connectivity index is 0. The van der Waals surface area contributed by atoms with Gasteiger partial charge in [0.1, 0.15) is 0 Å². The molecule has 0 amide bonds. The van der Waals surface area contributed by atoms with Gasteiger partial charge in [-0.05, 0) is 0 Å². The van der Waals surface area contributed by atoms with Gasteiger partial charge in [0.15, 0.2) is 0 Å². The van der Waals surface area contributed by atoms with E-state index in [1.54, 1.807) is 0 Å². The van der Waals surface area contributed by atoms with Gasteiger partial charge in [0, 0.05) is 19.5 Å². The fraction of sp³-hybridized carbons (Fsp3) is 0. The molecule has 0 atom stereocenters. The van der Waals surface area contributed by atoms with E-state index in [-0.39, 0.29) is 149 Å². The van der Waals surface area contributed by atoms with E-state index < -0.39 is 0 Å². The second-order valence-electron chi connectivity index (χ2n) is 0. The maximum atomic E-state index is 0. The zero-order valence-corrected chi connectivity index (χ0v) is 6.27. The molecule has 0 radical (unpaired) electrons. The summed E-state index contributed by atoms with van der Waals surface area (Å²) >= 11 is 0. The molecule has 0 rings (SSSR count). The van der Waals surface area contributed by atoms with E-state index >= 15 is 0 Å². The van der Waals surface area contributed by atoms with Crippen molar-refractivity contribution < 1.29 is 19.5 Å². The van der Waals surface area contributed by atoms with Crippen LogP contribution >= 0.6 is 0 Å². The van der Waals surface area contributed by atoms with Crippen LogP contribution < -0.4 is 0 Å². The molecular weight excluding hydrogens is 248 g/mol. The van der Waals surface area contributed by atoms with Crippen LogP contribution in [0.4, 0.5) is 0 Å². The summed E-state index contributed by atoms with van der Waals surface area (Å²) in [6.45, 7) is 0. The molecule has 0 aliphatic carbocycles. The van der Waals surface area contributed by atoms with E-state index in [0.717, 1.165) is 0 Å². The third-order valence-corrected chi connectivity index (χ3v) is 0. The maximum absolute atomic E-state index is 0. The first kappa shape index (κ1) is 32.9. The molecule has 0 bridgehead atoms. The van der Waals surface area contributed by atoms with E-state index in [9.17, 15) is 0 Å². The molecule has 0 nitrogen and oxygen atoms in total. The standard InChI is InChI=1S/Ca.K.Mg.H2Se.Zn.5H/h;;;1H2;;;;;;. The third-order valence-electron chi connectivity index (χ3n) is 0. The predicted molar refractivity (Wildman–Crippen MR) is 32.8 cm³/mol. The molecule has 0 aromatic rings. The minimum atomic E-state index is 0. The molecular formula is H7CaKMgSeZn. The summed E-state index contributed by atoms with van der Waals surface area (Å²) in [6.07, 6.45) is 0. The van der Waals surface area contributed by atoms with Crippen LogP contribution in [-0.4, -0.2) is 129 Å². The van der Waals surface area contributed by atoms with Crippen LogP contribution in [0.2, 0.25) is 0 Å². The zero-order valence-electron chi connectivity index (χ0n) is 1.21. The van der Waals surface area contributed by atoms with E-state index in [1.807, 2.05) is 0 Å². The fourth-order valence-electron chi connectivity index (χ4n) is 0. The SMILES string of the molecule is [CaH2].[KH].[MgH2].[SeH2].[Zn]. The summed E-state index contributed by atoms with van der Waals surface area (Å²) in [5.74, 6) is 0. The number of hydrogen-bond donors (Lipinski definition) is 0. The van der Waals surface area contributed by atoms with Crippen molar-refractivity contribution in [3.63, 3.8) is 0 Å². The monoisotopic (exact) mass is 254 g/mol. The number of rotatable bonds is 0. The van der Waals surface area contributed by atoms with Crippen molar-refractivity contribution in [3.8, 4) is 0 Å². The molecule has 0 fully saturated rings. The Labute approximate surface area is 144 Å². The van der Waals surface area contributed by atoms with Crippen molar-refractivity contribution in [2.75, 3.05) is 0 Å². The normalized spacial score (nSPS) is 0. The van der Waals surface area contributed by atoms with Gasteiger partial charge in [0.05, 0.1) is 0 Å². The van der Waals surface area contributed by atoms with Gasteiger partial charge in [-0.15, -0.1) is 0 Å². The molecule has 0 aliphatic heterocycles. The molecule has 0 N–H and O–H groups in total. The quantitative estimate of drug-likeness (QED) is 0.396. The van der Waals surface area contributed by atoms with Crippen LogP contribution in [-0.2, 0) is 19.5 Å². The molecule has 5 heteroatoms. The average molecular weight is 255 g/mol. The van der Waals surface area contributed by atoms with E-state index in [4.69, 9.17) is 0 Å². The first-order valence-corrected chi connectivity index (χ1v) is 0. The molecule has 0 aromatic carbocycles. The Bertz CT molecular complexity index is 11.6. The largest absolute Gasteiger partial charge is 0 e. The van der Waals surface area contributed by atoms with Crippen LogP contribution in [0.5, 0.6) is 0 Å². The summed E-state index contributed by atoms with van der Waals surface area (Å²) in [6, 6.07) is 0. The Kier molecular flexibility index (Phi) is 153. The Hall–Kier alpha value is 4.81. The minimum Gasteiger partial charge on any atom is 0 e. The van der Waals surface area contributed by atoms with Gasteiger partial charge >= 0.3 is 129 Å². The van der Waals surface area contributed by atoms with Gasteiger partial charge in [0.2, 0.25) is 0 Å². The molecule has 0 unspecified atom stereocenters. The first-order valence-electron chi connectivity index (χ1n) is 0. The van der Waals surface area contributed by atoms with Crippen molar-refractivity contribution >= 4 is 129 Å². The van der Waals surface area contributed by atoms with E-state index in [2.05, 4.69) is 0 Å². The molecule has 0 heterocycles. The van der Waals surface area contributed by atoms with Crippen molar-refractivity contribution in [1.29, 1.82) is 0 Å². The van der Waals surface area contributed by atoms with Crippen LogP contribution in [0.15, 0.2) is 0 Å².